The summed E-state index contributed by atoms with van der Waals surface area (Å²) in [5.41, 5.74) is -0.569. The number of esters is 1. The van der Waals surface area contributed by atoms with Gasteiger partial charge in [-0.25, -0.2) is 4.98 Å². The fourth-order valence-corrected chi connectivity index (χ4v) is 4.27. The SMILES string of the molecule is CCOC(=O)C(CSc1nccs1)(NC(C)C)C1CC1. The van der Waals surface area contributed by atoms with Crippen molar-refractivity contribution < 1.29 is 9.53 Å². The number of thioether (sulfide) groups is 1. The second-order valence-electron chi connectivity index (χ2n) is 5.35. The first kappa shape index (κ1) is 15.8. The normalized spacial score (nSPS) is 18.0. The summed E-state index contributed by atoms with van der Waals surface area (Å²) in [7, 11) is 0. The quantitative estimate of drug-likeness (QED) is 0.590. The maximum atomic E-state index is 12.5. The monoisotopic (exact) mass is 314 g/mol. The van der Waals surface area contributed by atoms with Crippen molar-refractivity contribution in [2.45, 2.75) is 49.5 Å². The van der Waals surface area contributed by atoms with Gasteiger partial charge in [-0.15, -0.1) is 11.3 Å². The van der Waals surface area contributed by atoms with E-state index in [4.69, 9.17) is 4.74 Å². The number of nitrogens with zero attached hydrogens (tertiary/aromatic N) is 1. The van der Waals surface area contributed by atoms with Crippen LogP contribution in [0.1, 0.15) is 33.6 Å². The van der Waals surface area contributed by atoms with Crippen LogP contribution in [0.3, 0.4) is 0 Å². The minimum atomic E-state index is -0.569. The van der Waals surface area contributed by atoms with Crippen LogP contribution in [0.4, 0.5) is 0 Å². The lowest BCUT2D eigenvalue weighted by molar-refractivity contribution is -0.151. The molecule has 0 bridgehead atoms. The highest BCUT2D eigenvalue weighted by Crippen LogP contribution is 2.43. The fraction of sp³-hybridized carbons (Fsp3) is 0.714. The van der Waals surface area contributed by atoms with Crippen molar-refractivity contribution in [3.63, 3.8) is 0 Å². The first-order chi connectivity index (χ1) is 9.58. The van der Waals surface area contributed by atoms with Gasteiger partial charge in [-0.3, -0.25) is 10.1 Å². The summed E-state index contributed by atoms with van der Waals surface area (Å²) < 4.78 is 6.35. The molecular formula is C14H22N2O2S2. The van der Waals surface area contributed by atoms with E-state index in [1.54, 1.807) is 29.3 Å². The number of hydrogen-bond acceptors (Lipinski definition) is 6. The van der Waals surface area contributed by atoms with E-state index in [-0.39, 0.29) is 12.0 Å². The number of carbonyl (C=O) groups is 1. The zero-order chi connectivity index (χ0) is 14.6. The highest BCUT2D eigenvalue weighted by molar-refractivity contribution is 8.01. The minimum absolute atomic E-state index is 0.111. The summed E-state index contributed by atoms with van der Waals surface area (Å²) in [6.45, 7) is 6.43. The average molecular weight is 314 g/mol. The topological polar surface area (TPSA) is 51.2 Å². The van der Waals surface area contributed by atoms with E-state index in [1.165, 1.54) is 0 Å². The molecule has 0 aromatic carbocycles. The molecule has 1 fully saturated rings. The highest BCUT2D eigenvalue weighted by Gasteiger charge is 2.52. The lowest BCUT2D eigenvalue weighted by Gasteiger charge is -2.34. The van der Waals surface area contributed by atoms with Gasteiger partial charge in [-0.1, -0.05) is 11.8 Å². The van der Waals surface area contributed by atoms with Crippen LogP contribution < -0.4 is 5.32 Å². The first-order valence-electron chi connectivity index (χ1n) is 7.05. The summed E-state index contributed by atoms with van der Waals surface area (Å²) in [5, 5.41) is 5.44. The van der Waals surface area contributed by atoms with E-state index < -0.39 is 5.54 Å². The standard InChI is InChI=1S/C14H22N2O2S2/c1-4-18-12(17)14(11-5-6-11,16-10(2)3)9-20-13-15-7-8-19-13/h7-8,10-11,16H,4-6,9H2,1-3H3. The molecule has 6 heteroatoms. The Labute approximate surface area is 128 Å². The van der Waals surface area contributed by atoms with Gasteiger partial charge in [0.25, 0.3) is 0 Å². The van der Waals surface area contributed by atoms with Crippen LogP contribution in [0, 0.1) is 5.92 Å². The smallest absolute Gasteiger partial charge is 0.327 e. The maximum Gasteiger partial charge on any atom is 0.327 e. The molecule has 4 nitrogen and oxygen atoms in total. The third-order valence-electron chi connectivity index (χ3n) is 3.29. The van der Waals surface area contributed by atoms with Crippen LogP contribution in [-0.4, -0.2) is 34.9 Å². The Hall–Kier alpha value is -0.590. The molecule has 1 aliphatic carbocycles. The zero-order valence-electron chi connectivity index (χ0n) is 12.2. The lowest BCUT2D eigenvalue weighted by Crippen LogP contribution is -2.59. The van der Waals surface area contributed by atoms with E-state index in [1.807, 2.05) is 12.3 Å². The van der Waals surface area contributed by atoms with Crippen LogP contribution in [0.2, 0.25) is 0 Å². The molecule has 112 valence electrons. The van der Waals surface area contributed by atoms with Gasteiger partial charge >= 0.3 is 5.97 Å². The molecule has 0 spiro atoms. The molecule has 1 aliphatic rings. The molecule has 2 rings (SSSR count). The van der Waals surface area contributed by atoms with Crippen LogP contribution in [0.5, 0.6) is 0 Å². The molecule has 20 heavy (non-hydrogen) atoms. The van der Waals surface area contributed by atoms with Crippen molar-refractivity contribution >= 4 is 29.1 Å². The Kier molecular flexibility index (Phi) is 5.46. The number of hydrogen-bond donors (Lipinski definition) is 1. The van der Waals surface area contributed by atoms with Gasteiger partial charge in [0.05, 0.1) is 6.61 Å². The number of nitrogens with one attached hydrogen (secondary N) is 1. The van der Waals surface area contributed by atoms with Crippen LogP contribution in [0.15, 0.2) is 15.9 Å². The lowest BCUT2D eigenvalue weighted by atomic mass is 9.94. The molecule has 1 atom stereocenters. The van der Waals surface area contributed by atoms with Gasteiger partial charge < -0.3 is 4.74 Å². The van der Waals surface area contributed by atoms with Gasteiger partial charge in [0.2, 0.25) is 0 Å². The Balaban J connectivity index is 2.13. The van der Waals surface area contributed by atoms with Gasteiger partial charge in [0, 0.05) is 23.4 Å². The van der Waals surface area contributed by atoms with Gasteiger partial charge in [0.1, 0.15) is 9.88 Å². The molecule has 1 saturated carbocycles. The first-order valence-corrected chi connectivity index (χ1v) is 8.92. The summed E-state index contributed by atoms with van der Waals surface area (Å²) in [6.07, 6.45) is 3.99. The van der Waals surface area contributed by atoms with Crippen molar-refractivity contribution in [3.05, 3.63) is 11.6 Å². The number of ether oxygens (including phenoxy) is 1. The number of rotatable bonds is 8. The Bertz CT molecular complexity index is 432. The van der Waals surface area contributed by atoms with Crippen molar-refractivity contribution in [2.24, 2.45) is 5.92 Å². The third kappa shape index (κ3) is 3.74. The molecule has 1 aromatic heterocycles. The van der Waals surface area contributed by atoms with Crippen molar-refractivity contribution in [2.75, 3.05) is 12.4 Å². The maximum absolute atomic E-state index is 12.5. The predicted octanol–water partition coefficient (Wildman–Crippen LogP) is 2.95. The largest absolute Gasteiger partial charge is 0.465 e. The van der Waals surface area contributed by atoms with E-state index in [0.29, 0.717) is 18.3 Å². The van der Waals surface area contributed by atoms with Crippen LogP contribution in [-0.2, 0) is 9.53 Å². The molecule has 1 aromatic rings. The molecule has 0 aliphatic heterocycles. The number of thiazole rings is 1. The summed E-state index contributed by atoms with van der Waals surface area (Å²) in [5.74, 6) is 0.957. The van der Waals surface area contributed by atoms with Gasteiger partial charge in [-0.05, 0) is 39.5 Å². The molecular weight excluding hydrogens is 292 g/mol. The fourth-order valence-electron chi connectivity index (χ4n) is 2.37. The van der Waals surface area contributed by atoms with Crippen molar-refractivity contribution in [3.8, 4) is 0 Å². The Morgan fingerprint density at radius 3 is 2.90 bits per heavy atom. The highest BCUT2D eigenvalue weighted by atomic mass is 32.2. The number of aromatic nitrogens is 1. The van der Waals surface area contributed by atoms with Crippen molar-refractivity contribution in [1.82, 2.24) is 10.3 Å². The summed E-state index contributed by atoms with van der Waals surface area (Å²) >= 11 is 3.25. The van der Waals surface area contributed by atoms with Crippen LogP contribution in [0.25, 0.3) is 0 Å². The van der Waals surface area contributed by atoms with E-state index in [0.717, 1.165) is 17.2 Å². The average Bonchev–Trinajstić information content (AvgIpc) is 3.12. The van der Waals surface area contributed by atoms with E-state index in [2.05, 4.69) is 24.1 Å². The zero-order valence-corrected chi connectivity index (χ0v) is 13.9. The summed E-state index contributed by atoms with van der Waals surface area (Å²) in [6, 6.07) is 0.247. The Morgan fingerprint density at radius 2 is 2.40 bits per heavy atom. The second-order valence-corrected chi connectivity index (χ2v) is 7.47. The Morgan fingerprint density at radius 1 is 1.65 bits per heavy atom. The summed E-state index contributed by atoms with van der Waals surface area (Å²) in [4.78, 5) is 16.8. The van der Waals surface area contributed by atoms with Gasteiger partial charge in [-0.2, -0.15) is 0 Å². The van der Waals surface area contributed by atoms with Gasteiger partial charge in [0.15, 0.2) is 0 Å². The molecule has 1 heterocycles. The molecule has 0 amide bonds. The predicted molar refractivity (Wildman–Crippen MR) is 83.2 cm³/mol. The van der Waals surface area contributed by atoms with Crippen molar-refractivity contribution in [1.29, 1.82) is 0 Å². The minimum Gasteiger partial charge on any atom is -0.465 e. The van der Waals surface area contributed by atoms with Crippen LogP contribution >= 0.6 is 23.1 Å². The van der Waals surface area contributed by atoms with E-state index >= 15 is 0 Å². The molecule has 0 radical (unpaired) electrons. The molecule has 1 N–H and O–H groups in total. The molecule has 1 unspecified atom stereocenters. The molecule has 0 saturated heterocycles. The third-order valence-corrected chi connectivity index (χ3v) is 5.45. The van der Waals surface area contributed by atoms with E-state index in [9.17, 15) is 4.79 Å². The number of carbonyl (C=O) groups excluding carboxylic acids is 1. The second kappa shape index (κ2) is 6.91.